The second-order valence-electron chi connectivity index (χ2n) is 6.36. The van der Waals surface area contributed by atoms with E-state index in [0.29, 0.717) is 18.4 Å². The maximum atomic E-state index is 13.2. The van der Waals surface area contributed by atoms with Crippen LogP contribution in [-0.2, 0) is 21.2 Å². The molecule has 0 aliphatic carbocycles. The van der Waals surface area contributed by atoms with Crippen molar-refractivity contribution in [3.05, 3.63) is 65.5 Å². The van der Waals surface area contributed by atoms with E-state index in [4.69, 9.17) is 0 Å². The van der Waals surface area contributed by atoms with Crippen LogP contribution in [0, 0.1) is 17.5 Å². The predicted molar refractivity (Wildman–Crippen MR) is 98.5 cm³/mol. The summed E-state index contributed by atoms with van der Waals surface area (Å²) in [5.41, 5.74) is 0.618. The topological polar surface area (TPSA) is 75.3 Å². The largest absolute Gasteiger partial charge is 0.354 e. The minimum absolute atomic E-state index is 0.0735. The van der Waals surface area contributed by atoms with Gasteiger partial charge in [-0.2, -0.15) is 0 Å². The third-order valence-electron chi connectivity index (χ3n) is 4.03. The third kappa shape index (κ3) is 6.65. The molecule has 5 nitrogen and oxygen atoms in total. The van der Waals surface area contributed by atoms with Crippen LogP contribution in [0.15, 0.2) is 47.4 Å². The van der Waals surface area contributed by atoms with Gasteiger partial charge in [-0.1, -0.05) is 6.07 Å². The molecule has 0 saturated heterocycles. The lowest BCUT2D eigenvalue weighted by Gasteiger charge is -2.14. The Balaban J connectivity index is 1.74. The van der Waals surface area contributed by atoms with Gasteiger partial charge in [-0.05, 0) is 61.7 Å². The van der Waals surface area contributed by atoms with E-state index in [-0.39, 0.29) is 29.8 Å². The Morgan fingerprint density at radius 2 is 1.71 bits per heavy atom. The molecule has 2 N–H and O–H groups in total. The molecular formula is C19H21F3N2O3S. The Bertz CT molecular complexity index is 919. The van der Waals surface area contributed by atoms with Crippen molar-refractivity contribution in [1.82, 2.24) is 10.0 Å². The molecule has 0 spiro atoms. The molecule has 2 rings (SSSR count). The average molecular weight is 414 g/mol. The summed E-state index contributed by atoms with van der Waals surface area (Å²) in [6.07, 6.45) is 0.893. The van der Waals surface area contributed by atoms with Gasteiger partial charge in [-0.15, -0.1) is 0 Å². The summed E-state index contributed by atoms with van der Waals surface area (Å²) >= 11 is 0. The summed E-state index contributed by atoms with van der Waals surface area (Å²) in [4.78, 5) is 11.8. The monoisotopic (exact) mass is 414 g/mol. The third-order valence-corrected chi connectivity index (χ3v) is 5.50. The molecule has 9 heteroatoms. The predicted octanol–water partition coefficient (Wildman–Crippen LogP) is 2.91. The first-order chi connectivity index (χ1) is 13.2. The van der Waals surface area contributed by atoms with Crippen LogP contribution in [-0.4, -0.2) is 26.9 Å². The normalized spacial score (nSPS) is 12.6. The first kappa shape index (κ1) is 21.9. The molecule has 0 heterocycles. The lowest BCUT2D eigenvalue weighted by molar-refractivity contribution is -0.121. The molecule has 28 heavy (non-hydrogen) atoms. The quantitative estimate of drug-likeness (QED) is 0.663. The Morgan fingerprint density at radius 3 is 2.36 bits per heavy atom. The van der Waals surface area contributed by atoms with Crippen molar-refractivity contribution >= 4 is 15.9 Å². The molecular weight excluding hydrogens is 393 g/mol. The van der Waals surface area contributed by atoms with Gasteiger partial charge in [0.25, 0.3) is 0 Å². The lowest BCUT2D eigenvalue weighted by Crippen LogP contribution is -2.35. The van der Waals surface area contributed by atoms with Gasteiger partial charge in [-0.3, -0.25) is 4.79 Å². The van der Waals surface area contributed by atoms with E-state index in [1.807, 2.05) is 0 Å². The Labute approximate surface area is 162 Å². The Hall–Kier alpha value is -2.39. The van der Waals surface area contributed by atoms with Crippen molar-refractivity contribution in [3.63, 3.8) is 0 Å². The molecule has 0 radical (unpaired) electrons. The van der Waals surface area contributed by atoms with Crippen molar-refractivity contribution in [1.29, 1.82) is 0 Å². The molecule has 1 atom stereocenters. The SMILES string of the molecule is CC(CCc1ccc(F)c(F)c1)NC(=O)CCNS(=O)(=O)c1ccc(F)cc1. The van der Waals surface area contributed by atoms with Crippen molar-refractivity contribution in [3.8, 4) is 0 Å². The molecule has 2 aromatic rings. The number of hydrogen-bond donors (Lipinski definition) is 2. The van der Waals surface area contributed by atoms with E-state index in [9.17, 15) is 26.4 Å². The van der Waals surface area contributed by atoms with Crippen LogP contribution in [0.1, 0.15) is 25.3 Å². The van der Waals surface area contributed by atoms with E-state index in [1.165, 1.54) is 6.07 Å². The highest BCUT2D eigenvalue weighted by atomic mass is 32.2. The summed E-state index contributed by atoms with van der Waals surface area (Å²) in [5.74, 6) is -2.72. The number of aryl methyl sites for hydroxylation is 1. The highest BCUT2D eigenvalue weighted by Gasteiger charge is 2.15. The van der Waals surface area contributed by atoms with E-state index in [2.05, 4.69) is 10.0 Å². The van der Waals surface area contributed by atoms with Crippen LogP contribution in [0.3, 0.4) is 0 Å². The summed E-state index contributed by atoms with van der Waals surface area (Å²) in [7, 11) is -3.82. The minimum atomic E-state index is -3.82. The van der Waals surface area contributed by atoms with Gasteiger partial charge in [0, 0.05) is 19.0 Å². The van der Waals surface area contributed by atoms with Crippen LogP contribution >= 0.6 is 0 Å². The number of rotatable bonds is 9. The van der Waals surface area contributed by atoms with E-state index in [1.54, 1.807) is 6.92 Å². The van der Waals surface area contributed by atoms with Gasteiger partial charge < -0.3 is 5.32 Å². The smallest absolute Gasteiger partial charge is 0.240 e. The van der Waals surface area contributed by atoms with E-state index in [0.717, 1.165) is 36.4 Å². The van der Waals surface area contributed by atoms with Gasteiger partial charge in [-0.25, -0.2) is 26.3 Å². The molecule has 0 aromatic heterocycles. The number of nitrogens with one attached hydrogen (secondary N) is 2. The molecule has 0 saturated carbocycles. The second kappa shape index (κ2) is 9.70. The number of sulfonamides is 1. The zero-order valence-corrected chi connectivity index (χ0v) is 16.0. The van der Waals surface area contributed by atoms with E-state index < -0.39 is 27.5 Å². The summed E-state index contributed by atoms with van der Waals surface area (Å²) < 4.78 is 65.3. The molecule has 2 aromatic carbocycles. The van der Waals surface area contributed by atoms with Gasteiger partial charge in [0.2, 0.25) is 15.9 Å². The maximum absolute atomic E-state index is 13.2. The number of carbonyl (C=O) groups is 1. The van der Waals surface area contributed by atoms with Crippen molar-refractivity contribution < 1.29 is 26.4 Å². The Kier molecular flexibility index (Phi) is 7.59. The fraction of sp³-hybridized carbons (Fsp3) is 0.316. The van der Waals surface area contributed by atoms with Gasteiger partial charge in [0.15, 0.2) is 11.6 Å². The summed E-state index contributed by atoms with van der Waals surface area (Å²) in [6.45, 7) is 1.65. The highest BCUT2D eigenvalue weighted by Crippen LogP contribution is 2.12. The number of halogens is 3. The fourth-order valence-electron chi connectivity index (χ4n) is 2.49. The number of hydrogen-bond acceptors (Lipinski definition) is 3. The molecule has 0 fully saturated rings. The number of amides is 1. The zero-order valence-electron chi connectivity index (χ0n) is 15.2. The molecule has 152 valence electrons. The molecule has 0 aliphatic heterocycles. The fourth-order valence-corrected chi connectivity index (χ4v) is 3.53. The van der Waals surface area contributed by atoms with Crippen LogP contribution in [0.5, 0.6) is 0 Å². The average Bonchev–Trinajstić information content (AvgIpc) is 2.63. The summed E-state index contributed by atoms with van der Waals surface area (Å²) in [5, 5.41) is 2.72. The van der Waals surface area contributed by atoms with Crippen LogP contribution in [0.25, 0.3) is 0 Å². The van der Waals surface area contributed by atoms with Crippen molar-refractivity contribution in [2.75, 3.05) is 6.54 Å². The van der Waals surface area contributed by atoms with Gasteiger partial charge in [0.1, 0.15) is 5.82 Å². The van der Waals surface area contributed by atoms with Crippen LogP contribution in [0.2, 0.25) is 0 Å². The first-order valence-corrected chi connectivity index (χ1v) is 10.1. The van der Waals surface area contributed by atoms with E-state index >= 15 is 0 Å². The lowest BCUT2D eigenvalue weighted by atomic mass is 10.1. The van der Waals surface area contributed by atoms with Crippen molar-refractivity contribution in [2.45, 2.75) is 37.1 Å². The number of benzene rings is 2. The Morgan fingerprint density at radius 1 is 1.04 bits per heavy atom. The van der Waals surface area contributed by atoms with Crippen LogP contribution in [0.4, 0.5) is 13.2 Å². The molecule has 1 unspecified atom stereocenters. The van der Waals surface area contributed by atoms with Crippen LogP contribution < -0.4 is 10.0 Å². The van der Waals surface area contributed by atoms with Gasteiger partial charge >= 0.3 is 0 Å². The second-order valence-corrected chi connectivity index (χ2v) is 8.12. The standard InChI is InChI=1S/C19H21F3N2O3S/c1-13(2-3-14-4-9-17(21)18(22)12-14)24-19(25)10-11-23-28(26,27)16-7-5-15(20)6-8-16/h4-9,12-13,23H,2-3,10-11H2,1H3,(H,24,25). The molecule has 1 amide bonds. The maximum Gasteiger partial charge on any atom is 0.240 e. The molecule has 0 bridgehead atoms. The minimum Gasteiger partial charge on any atom is -0.354 e. The van der Waals surface area contributed by atoms with Gasteiger partial charge in [0.05, 0.1) is 4.90 Å². The molecule has 0 aliphatic rings. The van der Waals surface area contributed by atoms with Crippen molar-refractivity contribution in [2.24, 2.45) is 0 Å². The number of carbonyl (C=O) groups excluding carboxylic acids is 1. The highest BCUT2D eigenvalue weighted by molar-refractivity contribution is 7.89. The zero-order chi connectivity index (χ0) is 20.7. The summed E-state index contributed by atoms with van der Waals surface area (Å²) in [6, 6.07) is 7.78. The first-order valence-electron chi connectivity index (χ1n) is 8.66.